The molecule has 1 aromatic carbocycles. The second-order valence-electron chi connectivity index (χ2n) is 7.81. The van der Waals surface area contributed by atoms with Gasteiger partial charge in [0.05, 0.1) is 18.3 Å². The van der Waals surface area contributed by atoms with E-state index in [4.69, 9.17) is 4.74 Å². The normalized spacial score (nSPS) is 31.1. The van der Waals surface area contributed by atoms with Crippen molar-refractivity contribution < 1.29 is 9.84 Å². The van der Waals surface area contributed by atoms with Crippen LogP contribution in [0.1, 0.15) is 25.5 Å². The molecule has 140 valence electrons. The zero-order chi connectivity index (χ0) is 17.8. The second kappa shape index (κ2) is 8.60. The summed E-state index contributed by atoms with van der Waals surface area (Å²) in [5.74, 6) is 0. The summed E-state index contributed by atoms with van der Waals surface area (Å²) in [4.78, 5) is 7.18. The largest absolute Gasteiger partial charge is 0.390 e. The summed E-state index contributed by atoms with van der Waals surface area (Å²) in [5.41, 5.74) is 1.34. The Morgan fingerprint density at radius 1 is 1.04 bits per heavy atom. The van der Waals surface area contributed by atoms with Crippen molar-refractivity contribution in [3.63, 3.8) is 0 Å². The number of rotatable bonds is 5. The lowest BCUT2D eigenvalue weighted by atomic mass is 10.0. The molecule has 0 spiro atoms. The molecule has 5 heteroatoms. The average Bonchev–Trinajstić information content (AvgIpc) is 2.56. The van der Waals surface area contributed by atoms with Gasteiger partial charge in [-0.05, 0) is 26.5 Å². The monoisotopic (exact) mass is 347 g/mol. The molecule has 2 heterocycles. The molecule has 2 fully saturated rings. The number of aliphatic hydroxyl groups is 1. The van der Waals surface area contributed by atoms with E-state index in [1.54, 1.807) is 0 Å². The summed E-state index contributed by atoms with van der Waals surface area (Å²) in [6, 6.07) is 11.0. The molecule has 25 heavy (non-hydrogen) atoms. The van der Waals surface area contributed by atoms with Gasteiger partial charge in [-0.3, -0.25) is 9.80 Å². The fourth-order valence-electron chi connectivity index (χ4n) is 4.23. The third kappa shape index (κ3) is 5.25. The number of piperazine rings is 1. The Labute approximate surface area is 152 Å². The lowest BCUT2D eigenvalue weighted by Crippen LogP contribution is -2.52. The van der Waals surface area contributed by atoms with Crippen molar-refractivity contribution in [2.24, 2.45) is 0 Å². The molecule has 2 saturated heterocycles. The first-order chi connectivity index (χ1) is 12.0. The van der Waals surface area contributed by atoms with Gasteiger partial charge in [-0.1, -0.05) is 30.3 Å². The Kier molecular flexibility index (Phi) is 6.47. The number of morpholine rings is 1. The standard InChI is InChI=1S/C20H33N3O2/c1-16-11-22(12-17(2)25-16)13-19(24)14-23-10-9-21(3)15-20(23)18-7-5-4-6-8-18/h4-8,16-17,19-20,24H,9-15H2,1-3H3/t16-,17+,19-,20-/m0/s1. The molecule has 0 saturated carbocycles. The van der Waals surface area contributed by atoms with Crippen LogP contribution >= 0.6 is 0 Å². The number of benzene rings is 1. The Hall–Kier alpha value is -0.980. The number of likely N-dealkylation sites (N-methyl/N-ethyl adjacent to an activating group) is 1. The summed E-state index contributed by atoms with van der Waals surface area (Å²) in [6.45, 7) is 10.6. The van der Waals surface area contributed by atoms with Crippen molar-refractivity contribution in [1.82, 2.24) is 14.7 Å². The Bertz CT molecular complexity index is 517. The highest BCUT2D eigenvalue weighted by molar-refractivity contribution is 5.20. The summed E-state index contributed by atoms with van der Waals surface area (Å²) >= 11 is 0. The van der Waals surface area contributed by atoms with Gasteiger partial charge in [0, 0.05) is 51.9 Å². The number of hydrogen-bond donors (Lipinski definition) is 1. The van der Waals surface area contributed by atoms with Crippen LogP contribution in [-0.4, -0.2) is 91.0 Å². The summed E-state index contributed by atoms with van der Waals surface area (Å²) in [6.07, 6.45) is 0.167. The van der Waals surface area contributed by atoms with Crippen LogP contribution < -0.4 is 0 Å². The number of nitrogens with zero attached hydrogens (tertiary/aromatic N) is 3. The molecule has 4 atom stereocenters. The van der Waals surface area contributed by atoms with Crippen LogP contribution in [0.2, 0.25) is 0 Å². The van der Waals surface area contributed by atoms with Crippen molar-refractivity contribution in [1.29, 1.82) is 0 Å². The SMILES string of the molecule is C[C@@H]1CN(C[C@H](O)CN2CCN(C)C[C@H]2c2ccccc2)C[C@H](C)O1. The van der Waals surface area contributed by atoms with Crippen LogP contribution in [0.4, 0.5) is 0 Å². The smallest absolute Gasteiger partial charge is 0.0794 e. The Morgan fingerprint density at radius 2 is 1.72 bits per heavy atom. The van der Waals surface area contributed by atoms with Crippen LogP contribution in [0.5, 0.6) is 0 Å². The van der Waals surface area contributed by atoms with Crippen LogP contribution in [0, 0.1) is 0 Å². The Morgan fingerprint density at radius 3 is 2.40 bits per heavy atom. The average molecular weight is 348 g/mol. The maximum Gasteiger partial charge on any atom is 0.0794 e. The fraction of sp³-hybridized carbons (Fsp3) is 0.700. The molecule has 0 amide bonds. The zero-order valence-corrected chi connectivity index (χ0v) is 15.8. The number of ether oxygens (including phenoxy) is 1. The second-order valence-corrected chi connectivity index (χ2v) is 7.81. The van der Waals surface area contributed by atoms with E-state index >= 15 is 0 Å². The maximum atomic E-state index is 10.7. The van der Waals surface area contributed by atoms with Gasteiger partial charge in [-0.15, -0.1) is 0 Å². The first-order valence-corrected chi connectivity index (χ1v) is 9.54. The lowest BCUT2D eigenvalue weighted by molar-refractivity contribution is -0.0795. The van der Waals surface area contributed by atoms with Gasteiger partial charge in [0.1, 0.15) is 0 Å². The van der Waals surface area contributed by atoms with E-state index in [2.05, 4.69) is 65.9 Å². The third-order valence-electron chi connectivity index (χ3n) is 5.29. The van der Waals surface area contributed by atoms with Gasteiger partial charge in [0.2, 0.25) is 0 Å². The molecular weight excluding hydrogens is 314 g/mol. The predicted octanol–water partition coefficient (Wildman–Crippen LogP) is 1.45. The van der Waals surface area contributed by atoms with Gasteiger partial charge in [-0.25, -0.2) is 0 Å². The van der Waals surface area contributed by atoms with E-state index in [-0.39, 0.29) is 18.3 Å². The number of hydrogen-bond acceptors (Lipinski definition) is 5. The molecule has 1 N–H and O–H groups in total. The molecule has 0 bridgehead atoms. The first kappa shape index (κ1) is 18.8. The van der Waals surface area contributed by atoms with Crippen molar-refractivity contribution in [3.8, 4) is 0 Å². The molecule has 0 aliphatic carbocycles. The van der Waals surface area contributed by atoms with E-state index < -0.39 is 0 Å². The fourth-order valence-corrected chi connectivity index (χ4v) is 4.23. The van der Waals surface area contributed by atoms with Gasteiger partial charge < -0.3 is 14.7 Å². The van der Waals surface area contributed by atoms with Crippen LogP contribution in [0.25, 0.3) is 0 Å². The van der Waals surface area contributed by atoms with Crippen LogP contribution in [0.15, 0.2) is 30.3 Å². The molecule has 2 aliphatic heterocycles. The topological polar surface area (TPSA) is 39.2 Å². The molecule has 5 nitrogen and oxygen atoms in total. The van der Waals surface area contributed by atoms with Crippen molar-refractivity contribution in [3.05, 3.63) is 35.9 Å². The van der Waals surface area contributed by atoms with Gasteiger partial charge in [0.15, 0.2) is 0 Å². The van der Waals surface area contributed by atoms with E-state index in [1.165, 1.54) is 5.56 Å². The summed E-state index contributed by atoms with van der Waals surface area (Å²) in [7, 11) is 2.18. The minimum absolute atomic E-state index is 0.247. The minimum atomic E-state index is -0.327. The van der Waals surface area contributed by atoms with Gasteiger partial charge >= 0.3 is 0 Å². The highest BCUT2D eigenvalue weighted by atomic mass is 16.5. The minimum Gasteiger partial charge on any atom is -0.390 e. The summed E-state index contributed by atoms with van der Waals surface area (Å²) < 4.78 is 5.80. The van der Waals surface area contributed by atoms with Crippen molar-refractivity contribution in [2.45, 2.75) is 38.2 Å². The maximum absolute atomic E-state index is 10.7. The van der Waals surface area contributed by atoms with Gasteiger partial charge in [0.25, 0.3) is 0 Å². The van der Waals surface area contributed by atoms with E-state index in [0.717, 1.165) is 45.8 Å². The Balaban J connectivity index is 1.59. The molecule has 0 aromatic heterocycles. The van der Waals surface area contributed by atoms with Crippen LogP contribution in [-0.2, 0) is 4.74 Å². The summed E-state index contributed by atoms with van der Waals surface area (Å²) in [5, 5.41) is 10.7. The molecule has 3 rings (SSSR count). The quantitative estimate of drug-likeness (QED) is 0.873. The lowest BCUT2D eigenvalue weighted by Gasteiger charge is -2.42. The van der Waals surface area contributed by atoms with E-state index in [9.17, 15) is 5.11 Å². The molecule has 1 aromatic rings. The molecule has 2 aliphatic rings. The van der Waals surface area contributed by atoms with Crippen LogP contribution in [0.3, 0.4) is 0 Å². The van der Waals surface area contributed by atoms with E-state index in [1.807, 2.05) is 0 Å². The highest BCUT2D eigenvalue weighted by Gasteiger charge is 2.29. The third-order valence-corrected chi connectivity index (χ3v) is 5.29. The van der Waals surface area contributed by atoms with Crippen molar-refractivity contribution in [2.75, 3.05) is 52.9 Å². The highest BCUT2D eigenvalue weighted by Crippen LogP contribution is 2.25. The zero-order valence-electron chi connectivity index (χ0n) is 15.8. The van der Waals surface area contributed by atoms with Gasteiger partial charge in [-0.2, -0.15) is 0 Å². The van der Waals surface area contributed by atoms with E-state index in [0.29, 0.717) is 6.04 Å². The number of aliphatic hydroxyl groups excluding tert-OH is 1. The number of β-amino-alcohol motifs (C(OH)–C–C–N with tert-alkyl or cyclic N) is 1. The molecular formula is C20H33N3O2. The molecule has 0 unspecified atom stereocenters. The van der Waals surface area contributed by atoms with Crippen molar-refractivity contribution >= 4 is 0 Å². The predicted molar refractivity (Wildman–Crippen MR) is 101 cm³/mol. The first-order valence-electron chi connectivity index (χ1n) is 9.54. The molecule has 0 radical (unpaired) electrons.